The lowest BCUT2D eigenvalue weighted by Crippen LogP contribution is -2.43. The fourth-order valence-electron chi connectivity index (χ4n) is 2.94. The van der Waals surface area contributed by atoms with E-state index in [1.165, 1.54) is 37.8 Å². The molecule has 1 aliphatic carbocycles. The summed E-state index contributed by atoms with van der Waals surface area (Å²) in [6, 6.07) is 10.9. The van der Waals surface area contributed by atoms with Crippen molar-refractivity contribution in [2.75, 3.05) is 6.54 Å². The number of benzene rings is 1. The van der Waals surface area contributed by atoms with Crippen LogP contribution in [0.15, 0.2) is 52.1 Å². The first kappa shape index (κ1) is 16.6. The fourth-order valence-corrected chi connectivity index (χ4v) is 2.94. The highest BCUT2D eigenvalue weighted by molar-refractivity contribution is 5.80. The molecule has 1 aromatic heterocycles. The van der Waals surface area contributed by atoms with Gasteiger partial charge in [0.25, 0.3) is 0 Å². The van der Waals surface area contributed by atoms with Crippen molar-refractivity contribution < 1.29 is 8.81 Å². The van der Waals surface area contributed by atoms with E-state index in [0.29, 0.717) is 12.6 Å². The molecule has 0 amide bonds. The van der Waals surface area contributed by atoms with Crippen molar-refractivity contribution >= 4 is 5.96 Å². The first-order valence-electron chi connectivity index (χ1n) is 8.61. The molecule has 0 saturated heterocycles. The number of aliphatic imine (C=N–C) groups is 1. The van der Waals surface area contributed by atoms with E-state index in [-0.39, 0.29) is 5.82 Å². The van der Waals surface area contributed by atoms with Gasteiger partial charge in [-0.25, -0.2) is 9.38 Å². The molecule has 2 aromatic rings. The van der Waals surface area contributed by atoms with Gasteiger partial charge in [0.15, 0.2) is 5.96 Å². The molecule has 0 aliphatic heterocycles. The summed E-state index contributed by atoms with van der Waals surface area (Å²) in [5, 5.41) is 6.88. The number of hydrogen-bond acceptors (Lipinski definition) is 2. The van der Waals surface area contributed by atoms with Gasteiger partial charge in [-0.15, -0.1) is 0 Å². The summed E-state index contributed by atoms with van der Waals surface area (Å²) < 4.78 is 18.3. The van der Waals surface area contributed by atoms with Crippen LogP contribution in [0.5, 0.6) is 0 Å². The van der Waals surface area contributed by atoms with Crippen LogP contribution in [-0.2, 0) is 13.0 Å². The predicted octanol–water partition coefficient (Wildman–Crippen LogP) is 3.64. The maximum Gasteiger partial charge on any atom is 0.191 e. The van der Waals surface area contributed by atoms with Gasteiger partial charge in [-0.05, 0) is 42.7 Å². The largest absolute Gasteiger partial charge is 0.469 e. The molecular formula is C19H24FN3O. The third-order valence-corrected chi connectivity index (χ3v) is 4.27. The average Bonchev–Trinajstić information content (AvgIpc) is 3.27. The molecule has 1 aromatic carbocycles. The average molecular weight is 329 g/mol. The Balaban J connectivity index is 1.56. The minimum atomic E-state index is -0.219. The first-order valence-corrected chi connectivity index (χ1v) is 8.61. The van der Waals surface area contributed by atoms with Gasteiger partial charge in [-0.3, -0.25) is 0 Å². The van der Waals surface area contributed by atoms with Crippen LogP contribution in [0.4, 0.5) is 4.39 Å². The Hall–Kier alpha value is -2.30. The molecule has 0 radical (unpaired) electrons. The van der Waals surface area contributed by atoms with Gasteiger partial charge in [0.05, 0.1) is 12.8 Å². The van der Waals surface area contributed by atoms with E-state index in [1.807, 2.05) is 12.1 Å². The minimum absolute atomic E-state index is 0.219. The van der Waals surface area contributed by atoms with Crippen molar-refractivity contribution in [1.29, 1.82) is 0 Å². The Morgan fingerprint density at radius 3 is 2.67 bits per heavy atom. The minimum Gasteiger partial charge on any atom is -0.469 e. The van der Waals surface area contributed by atoms with Gasteiger partial charge in [0.2, 0.25) is 0 Å². The van der Waals surface area contributed by atoms with E-state index >= 15 is 0 Å². The van der Waals surface area contributed by atoms with E-state index < -0.39 is 0 Å². The second kappa shape index (κ2) is 8.52. The number of hydrogen-bond donors (Lipinski definition) is 2. The van der Waals surface area contributed by atoms with E-state index in [4.69, 9.17) is 4.42 Å². The third kappa shape index (κ3) is 5.11. The standard InChI is InChI=1S/C19H24FN3O/c20-16-9-7-15(8-10-16)14-22-19(23-17-4-1-2-5-17)21-12-11-18-6-3-13-24-18/h3,6-10,13,17H,1-2,4-5,11-12,14H2,(H2,21,22,23). The lowest BCUT2D eigenvalue weighted by atomic mass is 10.2. The molecule has 1 saturated carbocycles. The number of nitrogens with zero attached hydrogens (tertiary/aromatic N) is 1. The van der Waals surface area contributed by atoms with Crippen LogP contribution >= 0.6 is 0 Å². The molecule has 0 spiro atoms. The van der Waals surface area contributed by atoms with E-state index in [1.54, 1.807) is 18.4 Å². The summed E-state index contributed by atoms with van der Waals surface area (Å²) in [5.41, 5.74) is 0.995. The SMILES string of the molecule is Fc1ccc(CN=C(NCCc2ccco2)NC2CCCC2)cc1. The van der Waals surface area contributed by atoms with E-state index in [2.05, 4.69) is 15.6 Å². The lowest BCUT2D eigenvalue weighted by molar-refractivity contribution is 0.506. The zero-order valence-corrected chi connectivity index (χ0v) is 13.8. The fraction of sp³-hybridized carbons (Fsp3) is 0.421. The van der Waals surface area contributed by atoms with Crippen LogP contribution in [0.3, 0.4) is 0 Å². The van der Waals surface area contributed by atoms with Gasteiger partial charge >= 0.3 is 0 Å². The molecule has 3 rings (SSSR count). The normalized spacial score (nSPS) is 15.6. The molecular weight excluding hydrogens is 305 g/mol. The number of guanidine groups is 1. The monoisotopic (exact) mass is 329 g/mol. The summed E-state index contributed by atoms with van der Waals surface area (Å²) in [7, 11) is 0. The highest BCUT2D eigenvalue weighted by atomic mass is 19.1. The molecule has 24 heavy (non-hydrogen) atoms. The van der Waals surface area contributed by atoms with Crippen LogP contribution in [0.1, 0.15) is 37.0 Å². The lowest BCUT2D eigenvalue weighted by Gasteiger charge is -2.17. The van der Waals surface area contributed by atoms with Crippen molar-refractivity contribution in [3.63, 3.8) is 0 Å². The smallest absolute Gasteiger partial charge is 0.191 e. The topological polar surface area (TPSA) is 49.6 Å². The van der Waals surface area contributed by atoms with Crippen LogP contribution in [0.2, 0.25) is 0 Å². The van der Waals surface area contributed by atoms with Gasteiger partial charge in [0, 0.05) is 19.0 Å². The Kier molecular flexibility index (Phi) is 5.88. The van der Waals surface area contributed by atoms with Crippen LogP contribution in [0.25, 0.3) is 0 Å². The third-order valence-electron chi connectivity index (χ3n) is 4.27. The van der Waals surface area contributed by atoms with E-state index in [0.717, 1.165) is 30.2 Å². The second-order valence-corrected chi connectivity index (χ2v) is 6.17. The van der Waals surface area contributed by atoms with Crippen molar-refractivity contribution in [3.05, 3.63) is 59.8 Å². The molecule has 4 nitrogen and oxygen atoms in total. The number of rotatable bonds is 6. The molecule has 0 atom stereocenters. The Morgan fingerprint density at radius 2 is 1.96 bits per heavy atom. The predicted molar refractivity (Wildman–Crippen MR) is 93.3 cm³/mol. The molecule has 0 unspecified atom stereocenters. The van der Waals surface area contributed by atoms with Crippen molar-refractivity contribution in [2.45, 2.75) is 44.7 Å². The van der Waals surface area contributed by atoms with Gasteiger partial charge in [0.1, 0.15) is 11.6 Å². The summed E-state index contributed by atoms with van der Waals surface area (Å²) >= 11 is 0. The summed E-state index contributed by atoms with van der Waals surface area (Å²) in [4.78, 5) is 4.65. The van der Waals surface area contributed by atoms with Gasteiger partial charge in [-0.1, -0.05) is 25.0 Å². The van der Waals surface area contributed by atoms with Crippen LogP contribution < -0.4 is 10.6 Å². The maximum absolute atomic E-state index is 13.0. The first-order chi connectivity index (χ1) is 11.8. The zero-order chi connectivity index (χ0) is 16.6. The molecule has 5 heteroatoms. The Bertz CT molecular complexity index is 631. The highest BCUT2D eigenvalue weighted by Gasteiger charge is 2.16. The summed E-state index contributed by atoms with van der Waals surface area (Å²) in [6.07, 6.45) is 7.43. The second-order valence-electron chi connectivity index (χ2n) is 6.17. The van der Waals surface area contributed by atoms with Gasteiger partial charge in [-0.2, -0.15) is 0 Å². The number of furan rings is 1. The van der Waals surface area contributed by atoms with Gasteiger partial charge < -0.3 is 15.1 Å². The molecule has 128 valence electrons. The van der Waals surface area contributed by atoms with Crippen LogP contribution in [0, 0.1) is 5.82 Å². The molecule has 0 bridgehead atoms. The maximum atomic E-state index is 13.0. The van der Waals surface area contributed by atoms with Crippen molar-refractivity contribution in [2.24, 2.45) is 4.99 Å². The molecule has 1 heterocycles. The van der Waals surface area contributed by atoms with Crippen LogP contribution in [-0.4, -0.2) is 18.5 Å². The summed E-state index contributed by atoms with van der Waals surface area (Å²) in [6.45, 7) is 1.29. The number of nitrogens with one attached hydrogen (secondary N) is 2. The Morgan fingerprint density at radius 1 is 1.17 bits per heavy atom. The Labute approximate surface area is 142 Å². The quantitative estimate of drug-likeness (QED) is 0.628. The van der Waals surface area contributed by atoms with Crippen molar-refractivity contribution in [3.8, 4) is 0 Å². The summed E-state index contributed by atoms with van der Waals surface area (Å²) in [5.74, 6) is 1.56. The number of halogens is 1. The van der Waals surface area contributed by atoms with E-state index in [9.17, 15) is 4.39 Å². The van der Waals surface area contributed by atoms with Crippen molar-refractivity contribution in [1.82, 2.24) is 10.6 Å². The molecule has 1 fully saturated rings. The molecule has 2 N–H and O–H groups in total. The highest BCUT2D eigenvalue weighted by Crippen LogP contribution is 2.17. The zero-order valence-electron chi connectivity index (χ0n) is 13.8. The molecule has 1 aliphatic rings.